The van der Waals surface area contributed by atoms with Crippen LogP contribution in [0.2, 0.25) is 0 Å². The SMILES string of the molecule is CN1CCCN=C1OC(C)(C)C. The summed E-state index contributed by atoms with van der Waals surface area (Å²) in [7, 11) is 2.02. The molecule has 0 atom stereocenters. The van der Waals surface area contributed by atoms with Crippen LogP contribution in [0.4, 0.5) is 0 Å². The molecule has 0 aromatic carbocycles. The van der Waals surface area contributed by atoms with E-state index in [4.69, 9.17) is 4.74 Å². The van der Waals surface area contributed by atoms with Crippen LogP contribution in [0.1, 0.15) is 27.2 Å². The maximum atomic E-state index is 5.67. The monoisotopic (exact) mass is 170 g/mol. The molecule has 3 nitrogen and oxygen atoms in total. The van der Waals surface area contributed by atoms with Gasteiger partial charge in [-0.15, -0.1) is 0 Å². The zero-order valence-electron chi connectivity index (χ0n) is 8.42. The quantitative estimate of drug-likeness (QED) is 0.550. The first-order valence-corrected chi connectivity index (χ1v) is 4.44. The highest BCUT2D eigenvalue weighted by Crippen LogP contribution is 2.11. The van der Waals surface area contributed by atoms with Gasteiger partial charge in [0.25, 0.3) is 6.02 Å². The van der Waals surface area contributed by atoms with Gasteiger partial charge in [0.2, 0.25) is 0 Å². The van der Waals surface area contributed by atoms with Crippen LogP contribution in [-0.2, 0) is 4.74 Å². The van der Waals surface area contributed by atoms with Gasteiger partial charge < -0.3 is 9.64 Å². The second-order valence-corrected chi connectivity index (χ2v) is 4.15. The molecule has 0 saturated heterocycles. The smallest absolute Gasteiger partial charge is 0.287 e. The lowest BCUT2D eigenvalue weighted by atomic mass is 10.2. The van der Waals surface area contributed by atoms with Crippen molar-refractivity contribution in [2.45, 2.75) is 32.8 Å². The minimum atomic E-state index is -0.134. The van der Waals surface area contributed by atoms with Crippen LogP contribution < -0.4 is 0 Å². The number of aliphatic imine (C=N–C) groups is 1. The van der Waals surface area contributed by atoms with Crippen LogP contribution in [0.3, 0.4) is 0 Å². The van der Waals surface area contributed by atoms with Crippen LogP contribution in [0, 0.1) is 0 Å². The van der Waals surface area contributed by atoms with Crippen LogP contribution in [0.5, 0.6) is 0 Å². The summed E-state index contributed by atoms with van der Waals surface area (Å²) in [4.78, 5) is 6.38. The molecular formula is C9H18N2O. The Kier molecular flexibility index (Phi) is 2.60. The Morgan fingerprint density at radius 3 is 2.58 bits per heavy atom. The van der Waals surface area contributed by atoms with Crippen molar-refractivity contribution in [3.63, 3.8) is 0 Å². The molecule has 0 bridgehead atoms. The van der Waals surface area contributed by atoms with E-state index in [2.05, 4.69) is 9.89 Å². The molecule has 70 valence electrons. The number of rotatable bonds is 0. The molecule has 1 rings (SSSR count). The van der Waals surface area contributed by atoms with Crippen LogP contribution >= 0.6 is 0 Å². The number of hydrogen-bond acceptors (Lipinski definition) is 3. The third-order valence-corrected chi connectivity index (χ3v) is 1.62. The van der Waals surface area contributed by atoms with E-state index < -0.39 is 0 Å². The number of amidine groups is 1. The summed E-state index contributed by atoms with van der Waals surface area (Å²) in [5, 5.41) is 0. The van der Waals surface area contributed by atoms with E-state index in [9.17, 15) is 0 Å². The molecule has 3 heteroatoms. The molecule has 0 saturated carbocycles. The summed E-state index contributed by atoms with van der Waals surface area (Å²) < 4.78 is 5.67. The fourth-order valence-electron chi connectivity index (χ4n) is 1.08. The first-order valence-electron chi connectivity index (χ1n) is 4.44. The summed E-state index contributed by atoms with van der Waals surface area (Å²) in [6, 6.07) is 0.786. The molecule has 0 fully saturated rings. The lowest BCUT2D eigenvalue weighted by Gasteiger charge is -2.30. The highest BCUT2D eigenvalue weighted by molar-refractivity contribution is 5.74. The van der Waals surface area contributed by atoms with Gasteiger partial charge in [-0.25, -0.2) is 4.99 Å². The van der Waals surface area contributed by atoms with E-state index in [1.807, 2.05) is 27.8 Å². The van der Waals surface area contributed by atoms with Crippen molar-refractivity contribution in [1.29, 1.82) is 0 Å². The third kappa shape index (κ3) is 2.72. The maximum Gasteiger partial charge on any atom is 0.287 e. The fraction of sp³-hybridized carbons (Fsp3) is 0.889. The van der Waals surface area contributed by atoms with Crippen molar-refractivity contribution < 1.29 is 4.74 Å². The van der Waals surface area contributed by atoms with Gasteiger partial charge >= 0.3 is 0 Å². The fourth-order valence-corrected chi connectivity index (χ4v) is 1.08. The van der Waals surface area contributed by atoms with Gasteiger partial charge in [0, 0.05) is 20.1 Å². The molecular weight excluding hydrogens is 152 g/mol. The molecule has 0 amide bonds. The number of ether oxygens (including phenoxy) is 1. The Hall–Kier alpha value is -0.730. The lowest BCUT2D eigenvalue weighted by Crippen LogP contribution is -2.38. The van der Waals surface area contributed by atoms with Crippen LogP contribution in [-0.4, -0.2) is 36.7 Å². The van der Waals surface area contributed by atoms with Crippen LogP contribution in [0.15, 0.2) is 4.99 Å². The van der Waals surface area contributed by atoms with E-state index in [0.29, 0.717) is 0 Å². The Morgan fingerprint density at radius 2 is 2.08 bits per heavy atom. The van der Waals surface area contributed by atoms with Crippen molar-refractivity contribution in [2.24, 2.45) is 4.99 Å². The predicted octanol–water partition coefficient (Wildman–Crippen LogP) is 1.49. The predicted molar refractivity (Wildman–Crippen MR) is 50.4 cm³/mol. The highest BCUT2D eigenvalue weighted by atomic mass is 16.5. The Morgan fingerprint density at radius 1 is 1.42 bits per heavy atom. The highest BCUT2D eigenvalue weighted by Gasteiger charge is 2.19. The zero-order chi connectivity index (χ0) is 9.19. The van der Waals surface area contributed by atoms with Crippen molar-refractivity contribution in [3.8, 4) is 0 Å². The van der Waals surface area contributed by atoms with Gasteiger partial charge in [0.05, 0.1) is 0 Å². The Labute approximate surface area is 74.4 Å². The second-order valence-electron chi connectivity index (χ2n) is 4.15. The van der Waals surface area contributed by atoms with Gasteiger partial charge in [0.15, 0.2) is 0 Å². The van der Waals surface area contributed by atoms with E-state index in [-0.39, 0.29) is 5.60 Å². The summed E-state index contributed by atoms with van der Waals surface area (Å²) in [5.41, 5.74) is -0.134. The summed E-state index contributed by atoms with van der Waals surface area (Å²) in [5.74, 6) is 0. The second kappa shape index (κ2) is 3.33. The summed E-state index contributed by atoms with van der Waals surface area (Å²) >= 11 is 0. The van der Waals surface area contributed by atoms with E-state index in [1.165, 1.54) is 0 Å². The maximum absolute atomic E-state index is 5.67. The molecule has 0 N–H and O–H groups in total. The molecule has 12 heavy (non-hydrogen) atoms. The molecule has 1 aliphatic rings. The first-order chi connectivity index (χ1) is 5.49. The molecule has 1 aliphatic heterocycles. The average molecular weight is 170 g/mol. The van der Waals surface area contributed by atoms with Gasteiger partial charge in [0.1, 0.15) is 5.60 Å². The van der Waals surface area contributed by atoms with Gasteiger partial charge in [-0.2, -0.15) is 0 Å². The van der Waals surface area contributed by atoms with E-state index in [0.717, 1.165) is 25.5 Å². The Bertz CT molecular complexity index is 181. The van der Waals surface area contributed by atoms with Gasteiger partial charge in [-0.1, -0.05) is 0 Å². The van der Waals surface area contributed by atoms with Crippen molar-refractivity contribution >= 4 is 6.02 Å². The van der Waals surface area contributed by atoms with Gasteiger partial charge in [-0.05, 0) is 27.2 Å². The van der Waals surface area contributed by atoms with Gasteiger partial charge in [-0.3, -0.25) is 0 Å². The van der Waals surface area contributed by atoms with Crippen molar-refractivity contribution in [2.75, 3.05) is 20.1 Å². The third-order valence-electron chi connectivity index (χ3n) is 1.62. The molecule has 0 spiro atoms. The molecule has 0 unspecified atom stereocenters. The average Bonchev–Trinajstić information content (AvgIpc) is 1.91. The van der Waals surface area contributed by atoms with Crippen molar-refractivity contribution in [1.82, 2.24) is 4.90 Å². The lowest BCUT2D eigenvalue weighted by molar-refractivity contribution is 0.0876. The zero-order valence-corrected chi connectivity index (χ0v) is 8.42. The minimum absolute atomic E-state index is 0.134. The molecule has 0 aliphatic carbocycles. The van der Waals surface area contributed by atoms with E-state index in [1.54, 1.807) is 0 Å². The molecule has 1 heterocycles. The number of nitrogens with zero attached hydrogens (tertiary/aromatic N) is 2. The minimum Gasteiger partial charge on any atom is -0.459 e. The van der Waals surface area contributed by atoms with E-state index >= 15 is 0 Å². The molecule has 0 aromatic rings. The summed E-state index contributed by atoms with van der Waals surface area (Å²) in [6.07, 6.45) is 1.13. The first kappa shape index (κ1) is 9.36. The van der Waals surface area contributed by atoms with Crippen molar-refractivity contribution in [3.05, 3.63) is 0 Å². The number of hydrogen-bond donors (Lipinski definition) is 0. The molecule has 0 aromatic heterocycles. The Balaban J connectivity index is 2.55. The summed E-state index contributed by atoms with van der Waals surface area (Å²) in [6.45, 7) is 8.07. The van der Waals surface area contributed by atoms with Crippen LogP contribution in [0.25, 0.3) is 0 Å². The standard InChI is InChI=1S/C9H18N2O/c1-9(2,3)12-8-10-6-5-7-11(8)4/h5-7H2,1-4H3. The topological polar surface area (TPSA) is 24.8 Å². The largest absolute Gasteiger partial charge is 0.459 e. The normalized spacial score (nSPS) is 19.0. The molecule has 0 radical (unpaired) electrons.